The fourth-order valence-electron chi connectivity index (χ4n) is 4.65. The van der Waals surface area contributed by atoms with E-state index in [1.165, 1.54) is 0 Å². The van der Waals surface area contributed by atoms with Gasteiger partial charge in [-0.25, -0.2) is 4.79 Å². The predicted octanol–water partition coefficient (Wildman–Crippen LogP) is 4.99. The van der Waals surface area contributed by atoms with E-state index >= 15 is 0 Å². The number of rotatable bonds is 7. The summed E-state index contributed by atoms with van der Waals surface area (Å²) in [4.78, 5) is 25.6. The first-order valence-electron chi connectivity index (χ1n) is 11.4. The van der Waals surface area contributed by atoms with Gasteiger partial charge in [-0.15, -0.1) is 11.3 Å². The van der Waals surface area contributed by atoms with Crippen molar-refractivity contribution in [2.45, 2.75) is 18.4 Å². The second-order valence-electron chi connectivity index (χ2n) is 8.36. The molecule has 35 heavy (non-hydrogen) atoms. The zero-order valence-electron chi connectivity index (χ0n) is 18.9. The molecule has 5 rings (SSSR count). The molecule has 2 amide bonds. The Balaban J connectivity index is 1.30. The molecule has 4 aromatic rings. The van der Waals surface area contributed by atoms with Crippen molar-refractivity contribution in [1.82, 2.24) is 10.6 Å². The zero-order chi connectivity index (χ0) is 24.2. The lowest BCUT2D eigenvalue weighted by molar-refractivity contribution is -0.122. The molecule has 0 aliphatic heterocycles. The maximum atomic E-state index is 12.8. The molecule has 1 aliphatic carbocycles. The molecule has 0 fully saturated rings. The largest absolute Gasteiger partial charge is 0.449 e. The van der Waals surface area contributed by atoms with Gasteiger partial charge >= 0.3 is 6.09 Å². The van der Waals surface area contributed by atoms with Gasteiger partial charge in [0.1, 0.15) is 19.2 Å². The summed E-state index contributed by atoms with van der Waals surface area (Å²) in [7, 11) is 0. The minimum Gasteiger partial charge on any atom is -0.449 e. The molecule has 1 atom stereocenters. The minimum atomic E-state index is -0.864. The van der Waals surface area contributed by atoms with Crippen LogP contribution in [0.15, 0.2) is 78.2 Å². The molecule has 1 aliphatic rings. The van der Waals surface area contributed by atoms with Crippen LogP contribution >= 0.6 is 11.3 Å². The Morgan fingerprint density at radius 1 is 0.971 bits per heavy atom. The van der Waals surface area contributed by atoms with Gasteiger partial charge in [0.2, 0.25) is 5.91 Å². The lowest BCUT2D eigenvalue weighted by Gasteiger charge is -2.19. The third-order valence-electron chi connectivity index (χ3n) is 6.28. The van der Waals surface area contributed by atoms with Crippen LogP contribution < -0.4 is 10.6 Å². The average Bonchev–Trinajstić information content (AvgIpc) is 3.44. The summed E-state index contributed by atoms with van der Waals surface area (Å²) in [5.41, 5.74) is 5.50. The normalized spacial score (nSPS) is 12.9. The van der Waals surface area contributed by atoms with Crippen LogP contribution in [0.5, 0.6) is 0 Å². The van der Waals surface area contributed by atoms with Gasteiger partial charge in [-0.3, -0.25) is 4.79 Å². The number of fused-ring (bicyclic) bond motifs is 4. The highest BCUT2D eigenvalue weighted by atomic mass is 32.1. The predicted molar refractivity (Wildman–Crippen MR) is 136 cm³/mol. The van der Waals surface area contributed by atoms with E-state index < -0.39 is 18.0 Å². The van der Waals surface area contributed by atoms with Crippen molar-refractivity contribution in [3.63, 3.8) is 0 Å². The number of nitrogens with zero attached hydrogens (tertiary/aromatic N) is 1. The topological polar surface area (TPSA) is 91.2 Å². The van der Waals surface area contributed by atoms with Crippen molar-refractivity contribution >= 4 is 33.4 Å². The standard InChI is InChI=1S/C28H23N3O3S/c29-13-14-30-27(32)25(15-18-17-35-26-12-6-5-7-19(18)26)31-28(33)34-16-24-22-10-3-1-8-20(22)21-9-2-4-11-23(21)24/h1-12,17,24-25H,14-16H2,(H,30,32)(H,31,33). The molecule has 1 heterocycles. The number of carbonyl (C=O) groups is 2. The SMILES string of the molecule is N#CCNC(=O)C(Cc1csc2ccccc12)NC(=O)OCC1c2ccccc2-c2ccccc21. The van der Waals surface area contributed by atoms with Crippen molar-refractivity contribution in [2.24, 2.45) is 0 Å². The number of nitriles is 1. The first kappa shape index (κ1) is 22.6. The highest BCUT2D eigenvalue weighted by Crippen LogP contribution is 2.44. The first-order chi connectivity index (χ1) is 17.2. The number of amides is 2. The van der Waals surface area contributed by atoms with Gasteiger partial charge in [0, 0.05) is 17.0 Å². The maximum Gasteiger partial charge on any atom is 0.407 e. The van der Waals surface area contributed by atoms with Crippen LogP contribution in [0.25, 0.3) is 21.2 Å². The van der Waals surface area contributed by atoms with Gasteiger partial charge in [0.15, 0.2) is 0 Å². The number of hydrogen-bond acceptors (Lipinski definition) is 5. The molecular formula is C28H23N3O3S. The molecule has 0 saturated heterocycles. The Kier molecular flexibility index (Phi) is 6.47. The molecule has 174 valence electrons. The number of nitrogens with one attached hydrogen (secondary N) is 2. The summed E-state index contributed by atoms with van der Waals surface area (Å²) >= 11 is 1.59. The maximum absolute atomic E-state index is 12.8. The van der Waals surface area contributed by atoms with E-state index in [0.29, 0.717) is 6.42 Å². The quantitative estimate of drug-likeness (QED) is 0.364. The van der Waals surface area contributed by atoms with Gasteiger partial charge in [-0.2, -0.15) is 5.26 Å². The van der Waals surface area contributed by atoms with Crippen LogP contribution in [0.4, 0.5) is 4.79 Å². The molecule has 1 aromatic heterocycles. The molecule has 0 spiro atoms. The molecule has 0 saturated carbocycles. The third-order valence-corrected chi connectivity index (χ3v) is 7.29. The van der Waals surface area contributed by atoms with Gasteiger partial charge in [-0.1, -0.05) is 66.7 Å². The van der Waals surface area contributed by atoms with Gasteiger partial charge in [0.05, 0.1) is 6.07 Å². The second-order valence-corrected chi connectivity index (χ2v) is 9.27. The van der Waals surface area contributed by atoms with Crippen LogP contribution in [-0.2, 0) is 16.0 Å². The first-order valence-corrected chi connectivity index (χ1v) is 12.2. The summed E-state index contributed by atoms with van der Waals surface area (Å²) in [5.74, 6) is -0.491. The fraction of sp³-hybridized carbons (Fsp3) is 0.179. The highest BCUT2D eigenvalue weighted by Gasteiger charge is 2.30. The van der Waals surface area contributed by atoms with Crippen LogP contribution in [0.1, 0.15) is 22.6 Å². The van der Waals surface area contributed by atoms with E-state index in [0.717, 1.165) is 37.9 Å². The summed E-state index contributed by atoms with van der Waals surface area (Å²) in [6, 6.07) is 25.2. The Morgan fingerprint density at radius 2 is 1.63 bits per heavy atom. The van der Waals surface area contributed by atoms with E-state index in [2.05, 4.69) is 34.9 Å². The Labute approximate surface area is 207 Å². The molecular weight excluding hydrogens is 458 g/mol. The van der Waals surface area contributed by atoms with Gasteiger partial charge in [-0.05, 0) is 44.6 Å². The van der Waals surface area contributed by atoms with Crippen molar-refractivity contribution in [2.75, 3.05) is 13.2 Å². The Morgan fingerprint density at radius 3 is 2.34 bits per heavy atom. The number of carbonyl (C=O) groups excluding carboxylic acids is 2. The lowest BCUT2D eigenvalue weighted by Crippen LogP contribution is -2.48. The van der Waals surface area contributed by atoms with Crippen molar-refractivity contribution in [3.05, 3.63) is 94.9 Å². The molecule has 0 bridgehead atoms. The van der Waals surface area contributed by atoms with Crippen LogP contribution in [0, 0.1) is 11.3 Å². The van der Waals surface area contributed by atoms with Crippen molar-refractivity contribution in [3.8, 4) is 17.2 Å². The number of benzene rings is 3. The summed E-state index contributed by atoms with van der Waals surface area (Å²) < 4.78 is 6.75. The van der Waals surface area contributed by atoms with Gasteiger partial charge < -0.3 is 15.4 Å². The number of ether oxygens (including phenoxy) is 1. The minimum absolute atomic E-state index is 0.0696. The lowest BCUT2D eigenvalue weighted by atomic mass is 9.98. The van der Waals surface area contributed by atoms with E-state index in [-0.39, 0.29) is 19.1 Å². The molecule has 1 unspecified atom stereocenters. The van der Waals surface area contributed by atoms with Crippen molar-refractivity contribution in [1.29, 1.82) is 5.26 Å². The summed E-state index contributed by atoms with van der Waals surface area (Å²) in [5, 5.41) is 17.2. The second kappa shape index (κ2) is 10.00. The average molecular weight is 482 g/mol. The molecule has 0 radical (unpaired) electrons. The van der Waals surface area contributed by atoms with Crippen LogP contribution in [0.2, 0.25) is 0 Å². The summed E-state index contributed by atoms with van der Waals surface area (Å²) in [6.45, 7) is 0.0276. The van der Waals surface area contributed by atoms with Crippen LogP contribution in [-0.4, -0.2) is 31.2 Å². The fourth-order valence-corrected chi connectivity index (χ4v) is 5.63. The van der Waals surface area contributed by atoms with E-state index in [1.54, 1.807) is 11.3 Å². The van der Waals surface area contributed by atoms with Crippen LogP contribution in [0.3, 0.4) is 0 Å². The molecule has 2 N–H and O–H groups in total. The smallest absolute Gasteiger partial charge is 0.407 e. The zero-order valence-corrected chi connectivity index (χ0v) is 19.7. The highest BCUT2D eigenvalue weighted by molar-refractivity contribution is 7.17. The third kappa shape index (κ3) is 4.61. The Bertz CT molecular complexity index is 1390. The Hall–Kier alpha value is -4.15. The molecule has 6 nitrogen and oxygen atoms in total. The number of hydrogen-bond donors (Lipinski definition) is 2. The van der Waals surface area contributed by atoms with E-state index in [4.69, 9.17) is 10.00 Å². The monoisotopic (exact) mass is 481 g/mol. The summed E-state index contributed by atoms with van der Waals surface area (Å²) in [6.07, 6.45) is -0.366. The van der Waals surface area contributed by atoms with Gasteiger partial charge in [0.25, 0.3) is 0 Å². The van der Waals surface area contributed by atoms with E-state index in [1.807, 2.05) is 60.0 Å². The van der Waals surface area contributed by atoms with Crippen molar-refractivity contribution < 1.29 is 14.3 Å². The number of thiophene rings is 1. The number of alkyl carbamates (subject to hydrolysis) is 1. The molecule has 7 heteroatoms. The molecule has 3 aromatic carbocycles. The van der Waals surface area contributed by atoms with E-state index in [9.17, 15) is 9.59 Å².